The molecule has 1 saturated heterocycles. The second-order valence-electron chi connectivity index (χ2n) is 14.8. The zero-order chi connectivity index (χ0) is 30.2. The molecule has 0 radical (unpaired) electrons. The quantitative estimate of drug-likeness (QED) is 0.281. The molecule has 42 heavy (non-hydrogen) atoms. The minimum absolute atomic E-state index is 0.122. The lowest BCUT2D eigenvalue weighted by molar-refractivity contribution is -0.158. The zero-order valence-electron chi connectivity index (χ0n) is 26.0. The molecule has 8 nitrogen and oxygen atoms in total. The number of rotatable bonds is 10. The largest absolute Gasteiger partial charge is 0.460 e. The number of carbonyl (C=O) groups is 3. The molecular weight excluding hydrogens is 532 g/mol. The first-order chi connectivity index (χ1) is 19.8. The molecule has 0 unspecified atom stereocenters. The highest BCUT2D eigenvalue weighted by molar-refractivity contribution is 5.96. The highest BCUT2D eigenvalue weighted by Gasteiger charge is 2.45. The lowest BCUT2D eigenvalue weighted by atomic mass is 9.67. The van der Waals surface area contributed by atoms with Crippen molar-refractivity contribution in [2.75, 3.05) is 6.61 Å². The lowest BCUT2D eigenvalue weighted by Gasteiger charge is -2.38. The van der Waals surface area contributed by atoms with Crippen molar-refractivity contribution in [3.05, 3.63) is 52.9 Å². The fourth-order valence-corrected chi connectivity index (χ4v) is 6.61. The standard InChI is InChI=1S/C34H46N2O6/c1-33(2,3)19-22-14-24(15-22)30-29(23-12-13-23)27(35-42-30)17-25(18-28(37)41-34(4,5)6)31(38)36-26(20-40-32(36)39)16-21-10-8-7-9-11-21/h7-11,22-26H,12-20H2,1-6H3/t22?,24?,25-,26+/m1/s1. The van der Waals surface area contributed by atoms with Crippen LogP contribution in [0, 0.1) is 17.3 Å². The summed E-state index contributed by atoms with van der Waals surface area (Å²) in [7, 11) is 0. The van der Waals surface area contributed by atoms with Gasteiger partial charge >= 0.3 is 12.1 Å². The van der Waals surface area contributed by atoms with E-state index in [-0.39, 0.29) is 19.4 Å². The number of nitrogens with zero attached hydrogens (tertiary/aromatic N) is 2. The summed E-state index contributed by atoms with van der Waals surface area (Å²) < 4.78 is 17.0. The molecule has 3 aliphatic rings. The molecule has 0 bridgehead atoms. The predicted octanol–water partition coefficient (Wildman–Crippen LogP) is 6.96. The topological polar surface area (TPSA) is 98.9 Å². The van der Waals surface area contributed by atoms with Gasteiger partial charge in [-0.3, -0.25) is 9.59 Å². The summed E-state index contributed by atoms with van der Waals surface area (Å²) in [4.78, 5) is 41.2. The molecule has 0 N–H and O–H groups in total. The van der Waals surface area contributed by atoms with Gasteiger partial charge in [0.1, 0.15) is 18.0 Å². The van der Waals surface area contributed by atoms with Crippen molar-refractivity contribution < 1.29 is 28.4 Å². The molecule has 2 aliphatic carbocycles. The Morgan fingerprint density at radius 1 is 1.05 bits per heavy atom. The summed E-state index contributed by atoms with van der Waals surface area (Å²) in [5.41, 5.74) is 2.47. The van der Waals surface area contributed by atoms with Crippen molar-refractivity contribution in [1.29, 1.82) is 0 Å². The molecule has 2 atom stereocenters. The molecule has 8 heteroatoms. The Morgan fingerprint density at radius 3 is 2.36 bits per heavy atom. The van der Waals surface area contributed by atoms with E-state index in [4.69, 9.17) is 14.0 Å². The number of hydrogen-bond donors (Lipinski definition) is 0. The highest BCUT2D eigenvalue weighted by atomic mass is 16.6. The summed E-state index contributed by atoms with van der Waals surface area (Å²) in [6.45, 7) is 12.4. The van der Waals surface area contributed by atoms with Crippen LogP contribution in [0.15, 0.2) is 34.9 Å². The van der Waals surface area contributed by atoms with Crippen LogP contribution in [0.4, 0.5) is 4.79 Å². The van der Waals surface area contributed by atoms with Gasteiger partial charge in [-0.05, 0) is 82.1 Å². The Bertz CT molecular complexity index is 1280. The summed E-state index contributed by atoms with van der Waals surface area (Å²) >= 11 is 0. The van der Waals surface area contributed by atoms with Gasteiger partial charge in [-0.15, -0.1) is 0 Å². The fraction of sp³-hybridized carbons (Fsp3) is 0.647. The molecule has 2 aromatic rings. The number of carbonyl (C=O) groups excluding carboxylic acids is 3. The molecule has 1 aromatic heterocycles. The number of cyclic esters (lactones) is 1. The number of hydrogen-bond acceptors (Lipinski definition) is 7. The number of amides is 2. The van der Waals surface area contributed by atoms with Crippen LogP contribution in [0.5, 0.6) is 0 Å². The molecule has 0 spiro atoms. The molecule has 2 heterocycles. The second-order valence-corrected chi connectivity index (χ2v) is 14.8. The third-order valence-corrected chi connectivity index (χ3v) is 8.46. The van der Waals surface area contributed by atoms with Gasteiger partial charge in [-0.25, -0.2) is 9.69 Å². The summed E-state index contributed by atoms with van der Waals surface area (Å²) in [6, 6.07) is 9.28. The van der Waals surface area contributed by atoms with Gasteiger partial charge in [-0.1, -0.05) is 56.3 Å². The number of esters is 1. The van der Waals surface area contributed by atoms with Crippen LogP contribution in [0.3, 0.4) is 0 Å². The van der Waals surface area contributed by atoms with E-state index in [0.717, 1.165) is 48.3 Å². The summed E-state index contributed by atoms with van der Waals surface area (Å²) in [5, 5.41) is 4.50. The maximum Gasteiger partial charge on any atom is 0.416 e. The number of aromatic nitrogens is 1. The maximum absolute atomic E-state index is 14.1. The van der Waals surface area contributed by atoms with Gasteiger partial charge in [0.25, 0.3) is 0 Å². The first-order valence-electron chi connectivity index (χ1n) is 15.5. The van der Waals surface area contributed by atoms with Crippen LogP contribution in [-0.4, -0.2) is 46.3 Å². The van der Waals surface area contributed by atoms with Gasteiger partial charge in [0.15, 0.2) is 0 Å². The summed E-state index contributed by atoms with van der Waals surface area (Å²) in [6.07, 6.45) is 5.39. The molecule has 1 aromatic carbocycles. The van der Waals surface area contributed by atoms with Crippen LogP contribution in [0.2, 0.25) is 0 Å². The van der Waals surface area contributed by atoms with Crippen LogP contribution < -0.4 is 0 Å². The normalized spacial score (nSPS) is 23.3. The van der Waals surface area contributed by atoms with Crippen LogP contribution in [0.25, 0.3) is 0 Å². The van der Waals surface area contributed by atoms with Gasteiger partial charge in [0, 0.05) is 17.9 Å². The third-order valence-electron chi connectivity index (χ3n) is 8.46. The number of imide groups is 1. The first-order valence-corrected chi connectivity index (χ1v) is 15.5. The Morgan fingerprint density at radius 2 is 1.74 bits per heavy atom. The monoisotopic (exact) mass is 578 g/mol. The molecule has 2 amide bonds. The van der Waals surface area contributed by atoms with Crippen LogP contribution >= 0.6 is 0 Å². The number of benzene rings is 1. The van der Waals surface area contributed by atoms with E-state index in [0.29, 0.717) is 29.6 Å². The lowest BCUT2D eigenvalue weighted by Crippen LogP contribution is -2.45. The van der Waals surface area contributed by atoms with Crippen LogP contribution in [-0.2, 0) is 31.9 Å². The Balaban J connectivity index is 1.37. The van der Waals surface area contributed by atoms with Crippen molar-refractivity contribution in [2.24, 2.45) is 17.3 Å². The molecular formula is C34H46N2O6. The fourth-order valence-electron chi connectivity index (χ4n) is 6.61. The van der Waals surface area contributed by atoms with Crippen molar-refractivity contribution in [3.8, 4) is 0 Å². The van der Waals surface area contributed by atoms with Gasteiger partial charge in [0.05, 0.1) is 24.1 Å². The molecule has 2 saturated carbocycles. The SMILES string of the molecule is CC(C)(C)CC1CC(c2onc(C[C@H](CC(=O)OC(C)(C)C)C(=O)N3C(=O)OC[C@@H]3Cc3ccccc3)c2C2CC2)C1. The summed E-state index contributed by atoms with van der Waals surface area (Å²) in [5.74, 6) is 0.636. The predicted molar refractivity (Wildman–Crippen MR) is 158 cm³/mol. The van der Waals surface area contributed by atoms with E-state index in [1.807, 2.05) is 30.3 Å². The van der Waals surface area contributed by atoms with Gasteiger partial charge < -0.3 is 14.0 Å². The van der Waals surface area contributed by atoms with E-state index in [1.54, 1.807) is 20.8 Å². The Labute approximate surface area is 249 Å². The Hall–Kier alpha value is -3.16. The number of ether oxygens (including phenoxy) is 2. The molecule has 1 aliphatic heterocycles. The van der Waals surface area contributed by atoms with E-state index >= 15 is 0 Å². The van der Waals surface area contributed by atoms with E-state index in [9.17, 15) is 14.4 Å². The van der Waals surface area contributed by atoms with Crippen molar-refractivity contribution in [2.45, 2.75) is 116 Å². The molecule has 3 fully saturated rings. The average molecular weight is 579 g/mol. The molecule has 228 valence electrons. The Kier molecular flexibility index (Phi) is 8.55. The van der Waals surface area contributed by atoms with Crippen molar-refractivity contribution in [3.63, 3.8) is 0 Å². The second kappa shape index (κ2) is 11.8. The highest BCUT2D eigenvalue weighted by Crippen LogP contribution is 2.52. The van der Waals surface area contributed by atoms with Gasteiger partial charge in [0.2, 0.25) is 5.91 Å². The van der Waals surface area contributed by atoms with E-state index < -0.39 is 35.5 Å². The smallest absolute Gasteiger partial charge is 0.416 e. The maximum atomic E-state index is 14.1. The van der Waals surface area contributed by atoms with Crippen molar-refractivity contribution in [1.82, 2.24) is 10.1 Å². The minimum atomic E-state index is -0.825. The van der Waals surface area contributed by atoms with Gasteiger partial charge in [-0.2, -0.15) is 0 Å². The van der Waals surface area contributed by atoms with E-state index in [1.165, 1.54) is 11.3 Å². The van der Waals surface area contributed by atoms with Crippen LogP contribution in [0.1, 0.15) is 114 Å². The molecule has 5 rings (SSSR count). The minimum Gasteiger partial charge on any atom is -0.460 e. The van der Waals surface area contributed by atoms with Crippen molar-refractivity contribution >= 4 is 18.0 Å². The zero-order valence-corrected chi connectivity index (χ0v) is 26.0. The third kappa shape index (κ3) is 7.42. The first kappa shape index (κ1) is 30.3. The average Bonchev–Trinajstić information content (AvgIpc) is 3.52. The van der Waals surface area contributed by atoms with E-state index in [2.05, 4.69) is 25.9 Å².